The lowest BCUT2D eigenvalue weighted by Gasteiger charge is -2.16. The van der Waals surface area contributed by atoms with Crippen LogP contribution in [0.5, 0.6) is 0 Å². The molecule has 2 aromatic rings. The molecule has 0 N–H and O–H groups in total. The van der Waals surface area contributed by atoms with Crippen molar-refractivity contribution in [1.29, 1.82) is 5.26 Å². The first-order valence-corrected chi connectivity index (χ1v) is 6.21. The van der Waals surface area contributed by atoms with E-state index in [9.17, 15) is 4.79 Å². The van der Waals surface area contributed by atoms with Gasteiger partial charge in [-0.05, 0) is 36.2 Å². The van der Waals surface area contributed by atoms with E-state index in [2.05, 4.69) is 9.97 Å². The first kappa shape index (κ1) is 13.7. The summed E-state index contributed by atoms with van der Waals surface area (Å²) in [4.78, 5) is 21.7. The van der Waals surface area contributed by atoms with E-state index in [0.717, 1.165) is 12.0 Å². The van der Waals surface area contributed by atoms with Crippen LogP contribution in [0.3, 0.4) is 0 Å². The highest BCUT2D eigenvalue weighted by atomic mass is 16.2. The van der Waals surface area contributed by atoms with Crippen molar-refractivity contribution in [3.63, 3.8) is 0 Å². The summed E-state index contributed by atoms with van der Waals surface area (Å²) in [6, 6.07) is 9.00. The molecular weight excluding hydrogens is 252 g/mol. The number of amides is 1. The molecule has 5 nitrogen and oxygen atoms in total. The van der Waals surface area contributed by atoms with Gasteiger partial charge in [-0.1, -0.05) is 0 Å². The molecule has 2 rings (SSSR count). The fourth-order valence-corrected chi connectivity index (χ4v) is 1.73. The quantitative estimate of drug-likeness (QED) is 0.844. The average molecular weight is 266 g/mol. The van der Waals surface area contributed by atoms with Gasteiger partial charge in [0, 0.05) is 32.2 Å². The van der Waals surface area contributed by atoms with Crippen molar-refractivity contribution in [2.24, 2.45) is 0 Å². The summed E-state index contributed by atoms with van der Waals surface area (Å²) in [5, 5.41) is 8.70. The van der Waals surface area contributed by atoms with Crippen molar-refractivity contribution in [3.8, 4) is 6.07 Å². The normalized spacial score (nSPS) is 9.80. The molecule has 0 aromatic carbocycles. The maximum atomic E-state index is 12.1. The SMILES string of the molecule is CN(CCc1ccncc1)C(=O)c1ccc(C#N)cn1. The molecule has 0 fully saturated rings. The number of hydrogen-bond donors (Lipinski definition) is 0. The van der Waals surface area contributed by atoms with Crippen LogP contribution in [0.2, 0.25) is 0 Å². The third-order valence-corrected chi connectivity index (χ3v) is 2.94. The van der Waals surface area contributed by atoms with Gasteiger partial charge in [-0.2, -0.15) is 5.26 Å². The predicted molar refractivity (Wildman–Crippen MR) is 73.9 cm³/mol. The van der Waals surface area contributed by atoms with Gasteiger partial charge in [-0.3, -0.25) is 9.78 Å². The lowest BCUT2D eigenvalue weighted by molar-refractivity contribution is 0.0791. The number of likely N-dealkylation sites (N-methyl/N-ethyl adjacent to an activating group) is 1. The molecule has 0 atom stereocenters. The van der Waals surface area contributed by atoms with Gasteiger partial charge >= 0.3 is 0 Å². The van der Waals surface area contributed by atoms with Gasteiger partial charge in [0.2, 0.25) is 0 Å². The Morgan fingerprint density at radius 1 is 1.30 bits per heavy atom. The van der Waals surface area contributed by atoms with Crippen molar-refractivity contribution in [1.82, 2.24) is 14.9 Å². The second-order valence-electron chi connectivity index (χ2n) is 4.38. The van der Waals surface area contributed by atoms with Crippen LogP contribution in [0.25, 0.3) is 0 Å². The highest BCUT2D eigenvalue weighted by molar-refractivity contribution is 5.92. The minimum atomic E-state index is -0.149. The van der Waals surface area contributed by atoms with Crippen LogP contribution in [-0.4, -0.2) is 34.4 Å². The lowest BCUT2D eigenvalue weighted by Crippen LogP contribution is -2.29. The van der Waals surface area contributed by atoms with Crippen molar-refractivity contribution in [2.75, 3.05) is 13.6 Å². The predicted octanol–water partition coefficient (Wildman–Crippen LogP) is 1.66. The first-order valence-electron chi connectivity index (χ1n) is 6.21. The molecule has 1 amide bonds. The number of carbonyl (C=O) groups is 1. The fourth-order valence-electron chi connectivity index (χ4n) is 1.73. The Hall–Kier alpha value is -2.74. The summed E-state index contributed by atoms with van der Waals surface area (Å²) in [6.07, 6.45) is 5.64. The van der Waals surface area contributed by atoms with Crippen LogP contribution in [0.15, 0.2) is 42.9 Å². The number of carbonyl (C=O) groups excluding carboxylic acids is 1. The molecule has 20 heavy (non-hydrogen) atoms. The van der Waals surface area contributed by atoms with Crippen LogP contribution in [0, 0.1) is 11.3 Å². The first-order chi connectivity index (χ1) is 9.70. The third-order valence-electron chi connectivity index (χ3n) is 2.94. The van der Waals surface area contributed by atoms with Crippen molar-refractivity contribution in [2.45, 2.75) is 6.42 Å². The molecule has 0 aliphatic carbocycles. The molecule has 0 radical (unpaired) electrons. The van der Waals surface area contributed by atoms with Gasteiger partial charge in [0.05, 0.1) is 5.56 Å². The molecule has 0 aliphatic heterocycles. The van der Waals surface area contributed by atoms with E-state index in [1.165, 1.54) is 6.20 Å². The van der Waals surface area contributed by atoms with Gasteiger partial charge in [-0.15, -0.1) is 0 Å². The molecule has 0 bridgehead atoms. The van der Waals surface area contributed by atoms with Gasteiger partial charge in [0.25, 0.3) is 5.91 Å². The lowest BCUT2D eigenvalue weighted by atomic mass is 10.2. The molecule has 0 saturated carbocycles. The van der Waals surface area contributed by atoms with E-state index in [0.29, 0.717) is 17.8 Å². The summed E-state index contributed by atoms with van der Waals surface area (Å²) in [5.41, 5.74) is 1.93. The number of rotatable bonds is 4. The van der Waals surface area contributed by atoms with Crippen molar-refractivity contribution >= 4 is 5.91 Å². The zero-order valence-electron chi connectivity index (χ0n) is 11.2. The molecule has 0 aliphatic rings. The fraction of sp³-hybridized carbons (Fsp3) is 0.200. The van der Waals surface area contributed by atoms with E-state index in [1.54, 1.807) is 36.5 Å². The third kappa shape index (κ3) is 3.39. The van der Waals surface area contributed by atoms with E-state index in [-0.39, 0.29) is 5.91 Å². The molecule has 2 heterocycles. The highest BCUT2D eigenvalue weighted by Crippen LogP contribution is 2.04. The van der Waals surface area contributed by atoms with Crippen LogP contribution in [0.4, 0.5) is 0 Å². The molecule has 5 heteroatoms. The second-order valence-corrected chi connectivity index (χ2v) is 4.38. The number of hydrogen-bond acceptors (Lipinski definition) is 4. The Morgan fingerprint density at radius 3 is 2.65 bits per heavy atom. The van der Waals surface area contributed by atoms with E-state index >= 15 is 0 Å². The Kier molecular flexibility index (Phi) is 4.40. The van der Waals surface area contributed by atoms with Crippen LogP contribution >= 0.6 is 0 Å². The van der Waals surface area contributed by atoms with E-state index < -0.39 is 0 Å². The standard InChI is InChI=1S/C15H14N4O/c1-19(9-6-12-4-7-17-8-5-12)15(20)14-3-2-13(10-16)11-18-14/h2-5,7-8,11H,6,9H2,1H3. The largest absolute Gasteiger partial charge is 0.340 e. The minimum Gasteiger partial charge on any atom is -0.340 e. The molecule has 0 unspecified atom stereocenters. The number of aromatic nitrogens is 2. The molecule has 0 spiro atoms. The topological polar surface area (TPSA) is 69.9 Å². The van der Waals surface area contributed by atoms with Crippen LogP contribution in [0.1, 0.15) is 21.6 Å². The molecule has 100 valence electrons. The number of nitriles is 1. The highest BCUT2D eigenvalue weighted by Gasteiger charge is 2.12. The Labute approximate surface area is 117 Å². The number of nitrogens with zero attached hydrogens (tertiary/aromatic N) is 4. The second kappa shape index (κ2) is 6.43. The van der Waals surface area contributed by atoms with Gasteiger partial charge in [-0.25, -0.2) is 4.98 Å². The zero-order valence-corrected chi connectivity index (χ0v) is 11.2. The smallest absolute Gasteiger partial charge is 0.272 e. The molecule has 0 saturated heterocycles. The zero-order chi connectivity index (χ0) is 14.4. The van der Waals surface area contributed by atoms with E-state index in [4.69, 9.17) is 5.26 Å². The Morgan fingerprint density at radius 2 is 2.05 bits per heavy atom. The minimum absolute atomic E-state index is 0.149. The maximum Gasteiger partial charge on any atom is 0.272 e. The Balaban J connectivity index is 1.96. The van der Waals surface area contributed by atoms with Crippen molar-refractivity contribution in [3.05, 3.63) is 59.7 Å². The Bertz CT molecular complexity index is 617. The average Bonchev–Trinajstić information content (AvgIpc) is 2.53. The monoisotopic (exact) mass is 266 g/mol. The van der Waals surface area contributed by atoms with Crippen molar-refractivity contribution < 1.29 is 4.79 Å². The summed E-state index contributed by atoms with van der Waals surface area (Å²) in [5.74, 6) is -0.149. The number of pyridine rings is 2. The molecule has 2 aromatic heterocycles. The summed E-state index contributed by atoms with van der Waals surface area (Å²) < 4.78 is 0. The molecular formula is C15H14N4O. The van der Waals surface area contributed by atoms with Crippen LogP contribution < -0.4 is 0 Å². The summed E-state index contributed by atoms with van der Waals surface area (Å²) in [6.45, 7) is 0.602. The van der Waals surface area contributed by atoms with Crippen LogP contribution in [-0.2, 0) is 6.42 Å². The summed E-state index contributed by atoms with van der Waals surface area (Å²) in [7, 11) is 1.74. The van der Waals surface area contributed by atoms with Gasteiger partial charge in [0.1, 0.15) is 11.8 Å². The van der Waals surface area contributed by atoms with E-state index in [1.807, 2.05) is 18.2 Å². The van der Waals surface area contributed by atoms with Gasteiger partial charge < -0.3 is 4.90 Å². The maximum absolute atomic E-state index is 12.1. The van der Waals surface area contributed by atoms with Gasteiger partial charge in [0.15, 0.2) is 0 Å². The summed E-state index contributed by atoms with van der Waals surface area (Å²) >= 11 is 0.